The minimum atomic E-state index is -0.234. The molecule has 0 spiro atoms. The van der Waals surface area contributed by atoms with E-state index >= 15 is 0 Å². The molecule has 0 aliphatic rings. The molecule has 0 bridgehead atoms. The third-order valence-corrected chi connectivity index (χ3v) is 6.79. The molecule has 1 amide bonds. The van der Waals surface area contributed by atoms with Crippen molar-refractivity contribution in [2.45, 2.75) is 13.3 Å². The Balaban J connectivity index is 1.45. The highest BCUT2D eigenvalue weighted by Gasteiger charge is 2.21. The van der Waals surface area contributed by atoms with Gasteiger partial charge in [0.05, 0.1) is 23.5 Å². The summed E-state index contributed by atoms with van der Waals surface area (Å²) in [6.07, 6.45) is 2.48. The Morgan fingerprint density at radius 2 is 1.67 bits per heavy atom. The number of fused-ring (bicyclic) bond motifs is 1. The van der Waals surface area contributed by atoms with Gasteiger partial charge in [0.25, 0.3) is 5.91 Å². The highest BCUT2D eigenvalue weighted by atomic mass is 32.1. The van der Waals surface area contributed by atoms with Gasteiger partial charge < -0.3 is 4.74 Å². The van der Waals surface area contributed by atoms with Crippen LogP contribution in [0.3, 0.4) is 0 Å². The zero-order chi connectivity index (χ0) is 24.9. The molecule has 6 heteroatoms. The van der Waals surface area contributed by atoms with Gasteiger partial charge in [-0.05, 0) is 84.1 Å². The van der Waals surface area contributed by atoms with E-state index in [1.165, 1.54) is 21.9 Å². The number of carbonyl (C=O) groups excluding carboxylic acids is 1. The molecule has 0 saturated heterocycles. The number of anilines is 1. The highest BCUT2D eigenvalue weighted by Crippen LogP contribution is 2.31. The molecule has 5 rings (SSSR count). The van der Waals surface area contributed by atoms with Crippen molar-refractivity contribution < 1.29 is 9.53 Å². The molecule has 1 aromatic heterocycles. The molecule has 0 N–H and O–H groups in total. The van der Waals surface area contributed by atoms with Crippen LogP contribution in [-0.4, -0.2) is 24.2 Å². The zero-order valence-corrected chi connectivity index (χ0v) is 20.9. The van der Waals surface area contributed by atoms with Crippen LogP contribution in [-0.2, 0) is 6.42 Å². The van der Waals surface area contributed by atoms with Crippen molar-refractivity contribution in [1.29, 1.82) is 0 Å². The standard InChI is InChI=1S/C30H25N3O2S/c1-21-8-17-27-28(18-21)36-30(32-27)33(31-20-24-11-15-26(35-2)16-12-24)29(34)25-13-9-23(10-14-25)19-22-6-4-3-5-7-22/h3-18,20H,19H2,1-2H3/b31-20+. The number of hydrazone groups is 1. The van der Waals surface area contributed by atoms with E-state index in [1.54, 1.807) is 13.3 Å². The van der Waals surface area contributed by atoms with Gasteiger partial charge in [0.1, 0.15) is 5.75 Å². The summed E-state index contributed by atoms with van der Waals surface area (Å²) in [5.41, 5.74) is 5.76. The van der Waals surface area contributed by atoms with Gasteiger partial charge in [-0.2, -0.15) is 10.1 Å². The van der Waals surface area contributed by atoms with Crippen molar-refractivity contribution in [1.82, 2.24) is 4.98 Å². The van der Waals surface area contributed by atoms with E-state index in [9.17, 15) is 4.79 Å². The summed E-state index contributed by atoms with van der Waals surface area (Å²) >= 11 is 1.45. The fourth-order valence-electron chi connectivity index (χ4n) is 3.83. The van der Waals surface area contributed by atoms with Gasteiger partial charge in [0.2, 0.25) is 5.13 Å². The first-order valence-corrected chi connectivity index (χ1v) is 12.4. The SMILES string of the molecule is COc1ccc(/C=N/N(C(=O)c2ccc(Cc3ccccc3)cc2)c2nc3ccc(C)cc3s2)cc1. The number of hydrogen-bond acceptors (Lipinski definition) is 5. The summed E-state index contributed by atoms with van der Waals surface area (Å²) in [5, 5.41) is 6.48. The number of aryl methyl sites for hydroxylation is 1. The van der Waals surface area contributed by atoms with Gasteiger partial charge in [-0.3, -0.25) is 4.79 Å². The fourth-order valence-corrected chi connectivity index (χ4v) is 4.85. The van der Waals surface area contributed by atoms with E-state index in [2.05, 4.69) is 23.3 Å². The number of thiazole rings is 1. The first-order valence-electron chi connectivity index (χ1n) is 11.6. The molecule has 0 aliphatic carbocycles. The normalized spacial score (nSPS) is 11.2. The third-order valence-electron chi connectivity index (χ3n) is 5.80. The molecule has 5 nitrogen and oxygen atoms in total. The van der Waals surface area contributed by atoms with Crippen LogP contribution in [0.4, 0.5) is 5.13 Å². The van der Waals surface area contributed by atoms with E-state index in [-0.39, 0.29) is 5.91 Å². The first kappa shape index (κ1) is 23.5. The Hall–Kier alpha value is -4.29. The van der Waals surface area contributed by atoms with Gasteiger partial charge in [-0.1, -0.05) is 59.9 Å². The lowest BCUT2D eigenvalue weighted by atomic mass is 10.0. The average molecular weight is 492 g/mol. The highest BCUT2D eigenvalue weighted by molar-refractivity contribution is 7.22. The molecular weight excluding hydrogens is 466 g/mol. The molecule has 0 fully saturated rings. The summed E-state index contributed by atoms with van der Waals surface area (Å²) in [7, 11) is 1.63. The Morgan fingerprint density at radius 3 is 2.39 bits per heavy atom. The maximum absolute atomic E-state index is 13.6. The number of carbonyl (C=O) groups is 1. The lowest BCUT2D eigenvalue weighted by Crippen LogP contribution is -2.25. The number of ether oxygens (including phenoxy) is 1. The molecule has 1 heterocycles. The van der Waals surface area contributed by atoms with Crippen molar-refractivity contribution in [3.63, 3.8) is 0 Å². The van der Waals surface area contributed by atoms with Crippen LogP contribution >= 0.6 is 11.3 Å². The number of nitrogens with zero attached hydrogens (tertiary/aromatic N) is 3. The summed E-state index contributed by atoms with van der Waals surface area (Å²) in [5.74, 6) is 0.527. The van der Waals surface area contributed by atoms with Crippen molar-refractivity contribution in [2.24, 2.45) is 5.10 Å². The van der Waals surface area contributed by atoms with E-state index in [4.69, 9.17) is 9.72 Å². The maximum atomic E-state index is 13.6. The van der Waals surface area contributed by atoms with Crippen LogP contribution < -0.4 is 9.75 Å². The second-order valence-electron chi connectivity index (χ2n) is 8.46. The number of amides is 1. The van der Waals surface area contributed by atoms with Crippen LogP contribution in [0, 0.1) is 6.92 Å². The van der Waals surface area contributed by atoms with Crippen molar-refractivity contribution in [2.75, 3.05) is 12.1 Å². The first-order chi connectivity index (χ1) is 17.6. The number of hydrogen-bond donors (Lipinski definition) is 0. The van der Waals surface area contributed by atoms with Gasteiger partial charge in [-0.25, -0.2) is 4.98 Å². The van der Waals surface area contributed by atoms with E-state index < -0.39 is 0 Å². The topological polar surface area (TPSA) is 54.8 Å². The number of rotatable bonds is 7. The van der Waals surface area contributed by atoms with Gasteiger partial charge in [-0.15, -0.1) is 0 Å². The van der Waals surface area contributed by atoms with Crippen LogP contribution in [0.25, 0.3) is 10.2 Å². The Kier molecular flexibility index (Phi) is 6.87. The predicted molar refractivity (Wildman–Crippen MR) is 147 cm³/mol. The molecule has 0 unspecified atom stereocenters. The van der Waals surface area contributed by atoms with Crippen molar-refractivity contribution in [3.8, 4) is 5.75 Å². The van der Waals surface area contributed by atoms with Gasteiger partial charge in [0.15, 0.2) is 0 Å². The third kappa shape index (κ3) is 5.34. The second kappa shape index (κ2) is 10.5. The molecule has 0 radical (unpaired) electrons. The predicted octanol–water partition coefficient (Wildman–Crippen LogP) is 6.89. The molecular formula is C30H25N3O2S. The maximum Gasteiger partial charge on any atom is 0.280 e. The molecule has 178 valence electrons. The van der Waals surface area contributed by atoms with Crippen LogP contribution in [0.5, 0.6) is 5.75 Å². The van der Waals surface area contributed by atoms with Crippen molar-refractivity contribution >= 4 is 38.8 Å². The lowest BCUT2D eigenvalue weighted by Gasteiger charge is -2.14. The minimum Gasteiger partial charge on any atom is -0.497 e. The van der Waals surface area contributed by atoms with E-state index in [0.717, 1.165) is 39.1 Å². The number of benzene rings is 4. The Morgan fingerprint density at radius 1 is 0.944 bits per heavy atom. The van der Waals surface area contributed by atoms with E-state index in [1.807, 2.05) is 85.8 Å². The minimum absolute atomic E-state index is 0.234. The van der Waals surface area contributed by atoms with Crippen LogP contribution in [0.15, 0.2) is 102 Å². The summed E-state index contributed by atoms with van der Waals surface area (Å²) in [6, 6.07) is 31.5. The zero-order valence-electron chi connectivity index (χ0n) is 20.1. The van der Waals surface area contributed by atoms with Crippen LogP contribution in [0.2, 0.25) is 0 Å². The summed E-state index contributed by atoms with van der Waals surface area (Å²) < 4.78 is 6.25. The van der Waals surface area contributed by atoms with E-state index in [0.29, 0.717) is 10.7 Å². The van der Waals surface area contributed by atoms with Crippen molar-refractivity contribution in [3.05, 3.63) is 125 Å². The second-order valence-corrected chi connectivity index (χ2v) is 9.47. The summed E-state index contributed by atoms with van der Waals surface area (Å²) in [6.45, 7) is 2.04. The number of methoxy groups -OCH3 is 1. The number of aromatic nitrogens is 1. The Labute approximate surface area is 214 Å². The quantitative estimate of drug-likeness (QED) is 0.184. The smallest absolute Gasteiger partial charge is 0.280 e. The van der Waals surface area contributed by atoms with Gasteiger partial charge in [0, 0.05) is 5.56 Å². The molecule has 5 aromatic rings. The molecule has 0 aliphatic heterocycles. The fraction of sp³-hybridized carbons (Fsp3) is 0.100. The van der Waals surface area contributed by atoms with Gasteiger partial charge >= 0.3 is 0 Å². The molecule has 36 heavy (non-hydrogen) atoms. The molecule has 0 atom stereocenters. The average Bonchev–Trinajstić information content (AvgIpc) is 3.33. The molecule has 4 aromatic carbocycles. The monoisotopic (exact) mass is 491 g/mol. The summed E-state index contributed by atoms with van der Waals surface area (Å²) in [4.78, 5) is 18.3. The van der Waals surface area contributed by atoms with Crippen LogP contribution in [0.1, 0.15) is 32.6 Å². The lowest BCUT2D eigenvalue weighted by molar-refractivity contribution is 0.0988. The molecule has 0 saturated carbocycles. The largest absolute Gasteiger partial charge is 0.497 e. The Bertz CT molecular complexity index is 1510.